The molecule has 120 valence electrons. The SMILES string of the molecule is NC(=O)[C@@H](c1ccccc1)S(=O)(=O)Cc1ccccc1C1CC1. The standard InChI is InChI=1S/C18H19NO3S/c19-18(20)17(14-6-2-1-3-7-14)23(21,22)12-15-8-4-5-9-16(15)13-10-11-13/h1-9,13,17H,10-12H2,(H2,19,20)/t17-/m1/s1. The lowest BCUT2D eigenvalue weighted by atomic mass is 10.1. The minimum atomic E-state index is -3.73. The number of hydrogen-bond donors (Lipinski definition) is 1. The second-order valence-electron chi connectivity index (χ2n) is 5.97. The van der Waals surface area contributed by atoms with Gasteiger partial charge in [-0.2, -0.15) is 0 Å². The Hall–Kier alpha value is -2.14. The Bertz CT molecular complexity index is 811. The number of hydrogen-bond acceptors (Lipinski definition) is 3. The van der Waals surface area contributed by atoms with Crippen LogP contribution in [0.5, 0.6) is 0 Å². The third-order valence-corrected chi connectivity index (χ3v) is 6.08. The third-order valence-electron chi connectivity index (χ3n) is 4.15. The lowest BCUT2D eigenvalue weighted by Gasteiger charge is -2.16. The largest absolute Gasteiger partial charge is 0.368 e. The van der Waals surface area contributed by atoms with E-state index in [0.29, 0.717) is 11.5 Å². The van der Waals surface area contributed by atoms with Crippen molar-refractivity contribution in [2.75, 3.05) is 0 Å². The number of sulfone groups is 1. The van der Waals surface area contributed by atoms with E-state index in [9.17, 15) is 13.2 Å². The molecule has 0 bridgehead atoms. The smallest absolute Gasteiger partial charge is 0.240 e. The van der Waals surface area contributed by atoms with Crippen molar-refractivity contribution in [1.29, 1.82) is 0 Å². The normalized spacial score (nSPS) is 16.0. The van der Waals surface area contributed by atoms with Gasteiger partial charge in [0.1, 0.15) is 0 Å². The molecular weight excluding hydrogens is 310 g/mol. The van der Waals surface area contributed by atoms with Crippen LogP contribution in [0.1, 0.15) is 40.7 Å². The van der Waals surface area contributed by atoms with E-state index in [-0.39, 0.29) is 5.75 Å². The summed E-state index contributed by atoms with van der Waals surface area (Å²) in [5.41, 5.74) is 7.67. The summed E-state index contributed by atoms with van der Waals surface area (Å²) in [5.74, 6) is -0.549. The Kier molecular flexibility index (Phi) is 4.22. The first-order valence-corrected chi connectivity index (χ1v) is 9.34. The molecule has 1 atom stereocenters. The molecule has 2 aromatic rings. The quantitative estimate of drug-likeness (QED) is 0.885. The van der Waals surface area contributed by atoms with E-state index in [2.05, 4.69) is 0 Å². The number of nitrogens with two attached hydrogens (primary N) is 1. The highest BCUT2D eigenvalue weighted by Crippen LogP contribution is 2.42. The van der Waals surface area contributed by atoms with Gasteiger partial charge in [0.25, 0.3) is 0 Å². The van der Waals surface area contributed by atoms with Crippen LogP contribution < -0.4 is 5.73 Å². The molecule has 0 aliphatic heterocycles. The van der Waals surface area contributed by atoms with Crippen molar-refractivity contribution in [3.8, 4) is 0 Å². The summed E-state index contributed by atoms with van der Waals surface area (Å²) in [5, 5.41) is -1.31. The molecule has 0 unspecified atom stereocenters. The first kappa shape index (κ1) is 15.7. The first-order valence-electron chi connectivity index (χ1n) is 7.62. The average molecular weight is 329 g/mol. The molecule has 5 heteroatoms. The summed E-state index contributed by atoms with van der Waals surface area (Å²) < 4.78 is 25.7. The topological polar surface area (TPSA) is 77.2 Å². The minimum Gasteiger partial charge on any atom is -0.368 e. The van der Waals surface area contributed by atoms with Crippen molar-refractivity contribution in [3.63, 3.8) is 0 Å². The molecule has 1 saturated carbocycles. The van der Waals surface area contributed by atoms with Crippen LogP contribution in [0.15, 0.2) is 54.6 Å². The summed E-state index contributed by atoms with van der Waals surface area (Å²) >= 11 is 0. The fourth-order valence-corrected chi connectivity index (χ4v) is 4.72. The Morgan fingerprint density at radius 1 is 1.04 bits per heavy atom. The monoisotopic (exact) mass is 329 g/mol. The van der Waals surface area contributed by atoms with E-state index in [1.165, 1.54) is 0 Å². The number of primary amides is 1. The van der Waals surface area contributed by atoms with Gasteiger partial charge < -0.3 is 5.73 Å². The zero-order valence-electron chi connectivity index (χ0n) is 12.7. The first-order chi connectivity index (χ1) is 11.0. The zero-order chi connectivity index (χ0) is 16.4. The van der Waals surface area contributed by atoms with Crippen LogP contribution >= 0.6 is 0 Å². The number of rotatable bonds is 6. The van der Waals surface area contributed by atoms with Gasteiger partial charge in [-0.25, -0.2) is 8.42 Å². The predicted octanol–water partition coefficient (Wildman–Crippen LogP) is 2.71. The van der Waals surface area contributed by atoms with Gasteiger partial charge in [0, 0.05) is 0 Å². The van der Waals surface area contributed by atoms with Crippen molar-refractivity contribution in [1.82, 2.24) is 0 Å². The number of amides is 1. The molecule has 2 N–H and O–H groups in total. The van der Waals surface area contributed by atoms with Crippen LogP contribution in [-0.2, 0) is 20.4 Å². The van der Waals surface area contributed by atoms with Gasteiger partial charge in [0.05, 0.1) is 5.75 Å². The van der Waals surface area contributed by atoms with Crippen molar-refractivity contribution >= 4 is 15.7 Å². The van der Waals surface area contributed by atoms with Gasteiger partial charge >= 0.3 is 0 Å². The Labute approximate surface area is 136 Å². The van der Waals surface area contributed by atoms with Gasteiger partial charge in [0.2, 0.25) is 5.91 Å². The summed E-state index contributed by atoms with van der Waals surface area (Å²) in [7, 11) is -3.73. The molecule has 4 nitrogen and oxygen atoms in total. The van der Waals surface area contributed by atoms with Gasteiger partial charge in [-0.3, -0.25) is 4.79 Å². The summed E-state index contributed by atoms with van der Waals surface area (Å²) in [6.07, 6.45) is 2.18. The van der Waals surface area contributed by atoms with Crippen LogP contribution in [0, 0.1) is 0 Å². The molecule has 0 spiro atoms. The van der Waals surface area contributed by atoms with Gasteiger partial charge in [-0.15, -0.1) is 0 Å². The fourth-order valence-electron chi connectivity index (χ4n) is 2.93. The highest BCUT2D eigenvalue weighted by molar-refractivity contribution is 7.91. The van der Waals surface area contributed by atoms with Crippen molar-refractivity contribution in [2.45, 2.75) is 29.8 Å². The molecule has 0 heterocycles. The van der Waals surface area contributed by atoms with Crippen molar-refractivity contribution < 1.29 is 13.2 Å². The van der Waals surface area contributed by atoms with Crippen LogP contribution in [0.3, 0.4) is 0 Å². The highest BCUT2D eigenvalue weighted by atomic mass is 32.2. The lowest BCUT2D eigenvalue weighted by molar-refractivity contribution is -0.117. The molecule has 0 radical (unpaired) electrons. The predicted molar refractivity (Wildman–Crippen MR) is 89.4 cm³/mol. The molecule has 3 rings (SSSR count). The van der Waals surface area contributed by atoms with E-state index in [1.807, 2.05) is 24.3 Å². The Balaban J connectivity index is 1.95. The van der Waals surface area contributed by atoms with E-state index in [1.54, 1.807) is 30.3 Å². The Morgan fingerprint density at radius 3 is 2.26 bits per heavy atom. The number of carbonyl (C=O) groups excluding carboxylic acids is 1. The summed E-state index contributed by atoms with van der Waals surface area (Å²) in [6.45, 7) is 0. The number of benzene rings is 2. The maximum atomic E-state index is 12.8. The van der Waals surface area contributed by atoms with Crippen molar-refractivity contribution in [2.24, 2.45) is 5.73 Å². The van der Waals surface area contributed by atoms with Crippen molar-refractivity contribution in [3.05, 3.63) is 71.3 Å². The summed E-state index contributed by atoms with van der Waals surface area (Å²) in [6, 6.07) is 16.0. The maximum absolute atomic E-state index is 12.8. The molecule has 1 fully saturated rings. The summed E-state index contributed by atoms with van der Waals surface area (Å²) in [4.78, 5) is 11.8. The van der Waals surface area contributed by atoms with Crippen LogP contribution in [-0.4, -0.2) is 14.3 Å². The van der Waals surface area contributed by atoms with E-state index in [0.717, 1.165) is 24.0 Å². The molecule has 1 aliphatic carbocycles. The van der Waals surface area contributed by atoms with E-state index < -0.39 is 21.0 Å². The Morgan fingerprint density at radius 2 is 1.65 bits per heavy atom. The van der Waals surface area contributed by atoms with Gasteiger partial charge in [0.15, 0.2) is 15.1 Å². The molecule has 0 aromatic heterocycles. The van der Waals surface area contributed by atoms with Gasteiger partial charge in [-0.1, -0.05) is 54.6 Å². The second kappa shape index (κ2) is 6.16. The fraction of sp³-hybridized carbons (Fsp3) is 0.278. The van der Waals surface area contributed by atoms with Crippen LogP contribution in [0.25, 0.3) is 0 Å². The maximum Gasteiger partial charge on any atom is 0.240 e. The molecule has 1 amide bonds. The molecular formula is C18H19NO3S. The number of carbonyl (C=O) groups is 1. The highest BCUT2D eigenvalue weighted by Gasteiger charge is 2.34. The molecule has 0 saturated heterocycles. The molecule has 1 aliphatic rings. The van der Waals surface area contributed by atoms with E-state index in [4.69, 9.17) is 5.73 Å². The van der Waals surface area contributed by atoms with E-state index >= 15 is 0 Å². The van der Waals surface area contributed by atoms with Crippen LogP contribution in [0.4, 0.5) is 0 Å². The minimum absolute atomic E-state index is 0.165. The third kappa shape index (κ3) is 3.45. The zero-order valence-corrected chi connectivity index (χ0v) is 13.5. The van der Waals surface area contributed by atoms with Gasteiger partial charge in [-0.05, 0) is 35.4 Å². The lowest BCUT2D eigenvalue weighted by Crippen LogP contribution is -2.29. The second-order valence-corrected chi connectivity index (χ2v) is 8.06. The molecule has 2 aromatic carbocycles. The van der Waals surface area contributed by atoms with Crippen LogP contribution in [0.2, 0.25) is 0 Å². The average Bonchev–Trinajstić information content (AvgIpc) is 3.32. The molecule has 23 heavy (non-hydrogen) atoms.